The Balaban J connectivity index is 1.57. The van der Waals surface area contributed by atoms with Gasteiger partial charge in [0.1, 0.15) is 6.61 Å². The van der Waals surface area contributed by atoms with Crippen molar-refractivity contribution in [3.63, 3.8) is 0 Å². The van der Waals surface area contributed by atoms with Crippen LogP contribution in [0.1, 0.15) is 12.0 Å². The molecule has 1 aromatic carbocycles. The third kappa shape index (κ3) is 4.13. The van der Waals surface area contributed by atoms with E-state index in [9.17, 15) is 4.79 Å². The highest BCUT2D eigenvalue weighted by Gasteiger charge is 2.19. The van der Waals surface area contributed by atoms with Crippen LogP contribution >= 0.6 is 0 Å². The summed E-state index contributed by atoms with van der Waals surface area (Å²) < 4.78 is 5.68. The number of benzene rings is 1. The molecule has 0 unspecified atom stereocenters. The summed E-state index contributed by atoms with van der Waals surface area (Å²) in [5.74, 6) is 1.22. The molecule has 1 aliphatic heterocycles. The molecule has 2 heterocycles. The smallest absolute Gasteiger partial charge is 0.407 e. The van der Waals surface area contributed by atoms with Crippen LogP contribution in [0.15, 0.2) is 42.7 Å². The first-order valence-electron chi connectivity index (χ1n) is 7.94. The van der Waals surface area contributed by atoms with Gasteiger partial charge in [-0.15, -0.1) is 0 Å². The van der Waals surface area contributed by atoms with Crippen molar-refractivity contribution in [1.82, 2.24) is 14.9 Å². The Bertz CT molecular complexity index is 663. The van der Waals surface area contributed by atoms with Crippen LogP contribution in [0.3, 0.4) is 0 Å². The van der Waals surface area contributed by atoms with Crippen LogP contribution in [0.5, 0.6) is 5.75 Å². The Labute approximate surface area is 140 Å². The van der Waals surface area contributed by atoms with E-state index in [4.69, 9.17) is 9.84 Å². The molecule has 0 atom stereocenters. The average molecular weight is 328 g/mol. The second kappa shape index (κ2) is 7.63. The summed E-state index contributed by atoms with van der Waals surface area (Å²) in [5, 5.41) is 9.07. The predicted molar refractivity (Wildman–Crippen MR) is 89.2 cm³/mol. The van der Waals surface area contributed by atoms with Crippen molar-refractivity contribution in [2.75, 3.05) is 31.1 Å². The SMILES string of the molecule is O=C(O)N1CCCN(c2ncc(OCc3ccccc3)cn2)CC1. The normalized spacial score (nSPS) is 15.0. The Morgan fingerprint density at radius 3 is 2.54 bits per heavy atom. The fraction of sp³-hybridized carbons (Fsp3) is 0.353. The fourth-order valence-corrected chi connectivity index (χ4v) is 2.60. The van der Waals surface area contributed by atoms with Gasteiger partial charge in [0.15, 0.2) is 5.75 Å². The topological polar surface area (TPSA) is 78.8 Å². The van der Waals surface area contributed by atoms with E-state index in [1.807, 2.05) is 35.2 Å². The number of rotatable bonds is 4. The van der Waals surface area contributed by atoms with Crippen LogP contribution in [-0.4, -0.2) is 52.2 Å². The second-order valence-electron chi connectivity index (χ2n) is 5.60. The summed E-state index contributed by atoms with van der Waals surface area (Å²) in [6, 6.07) is 9.91. The molecule has 0 radical (unpaired) electrons. The fourth-order valence-electron chi connectivity index (χ4n) is 2.60. The van der Waals surface area contributed by atoms with Crippen molar-refractivity contribution in [2.45, 2.75) is 13.0 Å². The van der Waals surface area contributed by atoms with Gasteiger partial charge in [0.05, 0.1) is 12.4 Å². The van der Waals surface area contributed by atoms with Gasteiger partial charge in [-0.3, -0.25) is 0 Å². The molecular formula is C17H20N4O3. The van der Waals surface area contributed by atoms with Crippen molar-refractivity contribution in [3.8, 4) is 5.75 Å². The summed E-state index contributed by atoms with van der Waals surface area (Å²) in [6.45, 7) is 2.82. The van der Waals surface area contributed by atoms with Crippen LogP contribution in [-0.2, 0) is 6.61 Å². The van der Waals surface area contributed by atoms with E-state index in [-0.39, 0.29) is 0 Å². The maximum atomic E-state index is 11.0. The number of carboxylic acid groups (broad SMARTS) is 1. The minimum Gasteiger partial charge on any atom is -0.486 e. The molecule has 1 fully saturated rings. The number of hydrogen-bond donors (Lipinski definition) is 1. The van der Waals surface area contributed by atoms with Gasteiger partial charge in [-0.25, -0.2) is 14.8 Å². The monoisotopic (exact) mass is 328 g/mol. The van der Waals surface area contributed by atoms with Gasteiger partial charge in [-0.2, -0.15) is 0 Å². The summed E-state index contributed by atoms with van der Waals surface area (Å²) in [6.07, 6.45) is 3.21. The van der Waals surface area contributed by atoms with Crippen molar-refractivity contribution in [2.24, 2.45) is 0 Å². The molecule has 3 rings (SSSR count). The molecule has 7 nitrogen and oxygen atoms in total. The number of anilines is 1. The van der Waals surface area contributed by atoms with E-state index >= 15 is 0 Å². The molecule has 7 heteroatoms. The first-order valence-corrected chi connectivity index (χ1v) is 7.94. The maximum absolute atomic E-state index is 11.0. The molecule has 0 spiro atoms. The summed E-state index contributed by atoms with van der Waals surface area (Å²) in [5.41, 5.74) is 1.09. The highest BCUT2D eigenvalue weighted by Crippen LogP contribution is 2.15. The van der Waals surface area contributed by atoms with Crippen molar-refractivity contribution >= 4 is 12.0 Å². The van der Waals surface area contributed by atoms with Gasteiger partial charge in [0.2, 0.25) is 5.95 Å². The number of carbonyl (C=O) groups is 1. The molecule has 1 saturated heterocycles. The van der Waals surface area contributed by atoms with Gasteiger partial charge in [0.25, 0.3) is 0 Å². The van der Waals surface area contributed by atoms with Gasteiger partial charge in [-0.05, 0) is 12.0 Å². The van der Waals surface area contributed by atoms with Crippen LogP contribution in [0.2, 0.25) is 0 Å². The van der Waals surface area contributed by atoms with E-state index in [1.54, 1.807) is 12.4 Å². The van der Waals surface area contributed by atoms with Crippen molar-refractivity contribution in [1.29, 1.82) is 0 Å². The molecule has 126 valence electrons. The Morgan fingerprint density at radius 2 is 1.83 bits per heavy atom. The van der Waals surface area contributed by atoms with Gasteiger partial charge >= 0.3 is 6.09 Å². The van der Waals surface area contributed by atoms with Crippen molar-refractivity contribution in [3.05, 3.63) is 48.3 Å². The van der Waals surface area contributed by atoms with Crippen molar-refractivity contribution < 1.29 is 14.6 Å². The van der Waals surface area contributed by atoms with E-state index in [0.717, 1.165) is 18.5 Å². The number of aromatic nitrogens is 2. The molecule has 1 aromatic heterocycles. The molecule has 0 bridgehead atoms. The van der Waals surface area contributed by atoms with E-state index in [1.165, 1.54) is 4.90 Å². The molecular weight excluding hydrogens is 308 g/mol. The lowest BCUT2D eigenvalue weighted by molar-refractivity contribution is 0.148. The predicted octanol–water partition coefficient (Wildman–Crippen LogP) is 2.25. The average Bonchev–Trinajstić information content (AvgIpc) is 2.88. The quantitative estimate of drug-likeness (QED) is 0.927. The van der Waals surface area contributed by atoms with Crippen LogP contribution in [0.25, 0.3) is 0 Å². The molecule has 1 amide bonds. The van der Waals surface area contributed by atoms with Crippen LogP contribution in [0, 0.1) is 0 Å². The lowest BCUT2D eigenvalue weighted by Gasteiger charge is -2.20. The third-order valence-electron chi connectivity index (χ3n) is 3.91. The highest BCUT2D eigenvalue weighted by atomic mass is 16.5. The van der Waals surface area contributed by atoms with E-state index in [2.05, 4.69) is 9.97 Å². The first-order chi connectivity index (χ1) is 11.7. The zero-order valence-corrected chi connectivity index (χ0v) is 13.3. The number of ether oxygens (including phenoxy) is 1. The molecule has 2 aromatic rings. The molecule has 24 heavy (non-hydrogen) atoms. The maximum Gasteiger partial charge on any atom is 0.407 e. The summed E-state index contributed by atoms with van der Waals surface area (Å²) in [7, 11) is 0. The Hall–Kier alpha value is -2.83. The van der Waals surface area contributed by atoms with Crippen LogP contribution in [0.4, 0.5) is 10.7 Å². The first kappa shape index (κ1) is 16.0. The Morgan fingerprint density at radius 1 is 1.08 bits per heavy atom. The highest BCUT2D eigenvalue weighted by molar-refractivity contribution is 5.65. The number of amides is 1. The van der Waals surface area contributed by atoms with Gasteiger partial charge < -0.3 is 19.6 Å². The van der Waals surface area contributed by atoms with E-state index in [0.29, 0.717) is 37.9 Å². The van der Waals surface area contributed by atoms with Crippen LogP contribution < -0.4 is 9.64 Å². The largest absolute Gasteiger partial charge is 0.486 e. The minimum atomic E-state index is -0.873. The lowest BCUT2D eigenvalue weighted by atomic mass is 10.2. The second-order valence-corrected chi connectivity index (χ2v) is 5.60. The molecule has 0 saturated carbocycles. The van der Waals surface area contributed by atoms with Gasteiger partial charge in [-0.1, -0.05) is 30.3 Å². The molecule has 1 aliphatic rings. The zero-order chi connectivity index (χ0) is 16.8. The number of nitrogens with zero attached hydrogens (tertiary/aromatic N) is 4. The lowest BCUT2D eigenvalue weighted by Crippen LogP contribution is -2.34. The zero-order valence-electron chi connectivity index (χ0n) is 13.3. The summed E-state index contributed by atoms with van der Waals surface area (Å²) >= 11 is 0. The number of hydrogen-bond acceptors (Lipinski definition) is 5. The van der Waals surface area contributed by atoms with Gasteiger partial charge in [0, 0.05) is 26.2 Å². The minimum absolute atomic E-state index is 0.463. The Kier molecular flexibility index (Phi) is 5.10. The molecule has 1 N–H and O–H groups in total. The third-order valence-corrected chi connectivity index (χ3v) is 3.91. The van der Waals surface area contributed by atoms with E-state index < -0.39 is 6.09 Å². The molecule has 0 aliphatic carbocycles. The standard InChI is InChI=1S/C17H20N4O3/c22-17(23)21-8-4-7-20(9-10-21)16-18-11-15(12-19-16)24-13-14-5-2-1-3-6-14/h1-3,5-6,11-12H,4,7-10,13H2,(H,22,23). The summed E-state index contributed by atoms with van der Waals surface area (Å²) in [4.78, 5) is 23.2.